The van der Waals surface area contributed by atoms with Crippen LogP contribution in [0.15, 0.2) is 18.2 Å². The second-order valence-corrected chi connectivity index (χ2v) is 5.48. The molecule has 0 unspecified atom stereocenters. The Kier molecular flexibility index (Phi) is 5.18. The molecule has 0 atom stereocenters. The fourth-order valence-electron chi connectivity index (χ4n) is 2.80. The molecule has 0 spiro atoms. The van der Waals surface area contributed by atoms with Crippen LogP contribution < -0.4 is 15.8 Å². The molecule has 2 rings (SSSR count). The number of benzene rings is 1. The molecule has 1 amide bonds. The van der Waals surface area contributed by atoms with Crippen LogP contribution in [-0.4, -0.2) is 19.1 Å². The summed E-state index contributed by atoms with van der Waals surface area (Å²) in [6, 6.07) is 8.18. The van der Waals surface area contributed by atoms with E-state index in [2.05, 4.69) is 11.4 Å². The van der Waals surface area contributed by atoms with Crippen molar-refractivity contribution < 1.29 is 9.53 Å². The number of nitrogens with one attached hydrogen (secondary N) is 1. The van der Waals surface area contributed by atoms with Crippen molar-refractivity contribution in [2.45, 2.75) is 38.3 Å². The lowest BCUT2D eigenvalue weighted by atomic mass is 9.85. The van der Waals surface area contributed by atoms with Crippen molar-refractivity contribution in [2.75, 3.05) is 7.11 Å². The second kappa shape index (κ2) is 7.09. The van der Waals surface area contributed by atoms with Gasteiger partial charge in [-0.05, 0) is 43.4 Å². The Hall–Kier alpha value is -2.06. The zero-order chi connectivity index (χ0) is 15.2. The van der Waals surface area contributed by atoms with Gasteiger partial charge in [-0.3, -0.25) is 4.79 Å². The van der Waals surface area contributed by atoms with Gasteiger partial charge in [0.15, 0.2) is 0 Å². The first-order chi connectivity index (χ1) is 10.1. The van der Waals surface area contributed by atoms with E-state index in [0.29, 0.717) is 23.9 Å². The minimum Gasteiger partial charge on any atom is -0.495 e. The molecule has 0 bridgehead atoms. The van der Waals surface area contributed by atoms with Crippen LogP contribution in [0.1, 0.15) is 36.8 Å². The van der Waals surface area contributed by atoms with Crippen LogP contribution in [0.5, 0.6) is 5.75 Å². The molecular weight excluding hydrogens is 266 g/mol. The van der Waals surface area contributed by atoms with E-state index in [-0.39, 0.29) is 11.8 Å². The number of methoxy groups -OCH3 is 1. The van der Waals surface area contributed by atoms with Gasteiger partial charge in [-0.15, -0.1) is 0 Å². The zero-order valence-electron chi connectivity index (χ0n) is 12.3. The first kappa shape index (κ1) is 15.3. The van der Waals surface area contributed by atoms with Crippen molar-refractivity contribution in [1.29, 1.82) is 5.26 Å². The monoisotopic (exact) mass is 287 g/mol. The Morgan fingerprint density at radius 3 is 2.71 bits per heavy atom. The largest absolute Gasteiger partial charge is 0.495 e. The van der Waals surface area contributed by atoms with Gasteiger partial charge >= 0.3 is 0 Å². The van der Waals surface area contributed by atoms with Gasteiger partial charge in [-0.25, -0.2) is 0 Å². The fraction of sp³-hybridized carbons (Fsp3) is 0.500. The molecule has 1 saturated carbocycles. The van der Waals surface area contributed by atoms with Crippen molar-refractivity contribution >= 4 is 5.91 Å². The van der Waals surface area contributed by atoms with Crippen LogP contribution in [0.3, 0.4) is 0 Å². The number of hydrogen-bond donors (Lipinski definition) is 2. The third kappa shape index (κ3) is 3.96. The molecule has 0 aromatic heterocycles. The summed E-state index contributed by atoms with van der Waals surface area (Å²) in [5.41, 5.74) is 6.94. The predicted octanol–water partition coefficient (Wildman–Crippen LogP) is 1.70. The maximum atomic E-state index is 11.1. The second-order valence-electron chi connectivity index (χ2n) is 5.48. The average molecular weight is 287 g/mol. The number of nitrogens with two attached hydrogens (primary N) is 1. The molecule has 112 valence electrons. The van der Waals surface area contributed by atoms with Crippen molar-refractivity contribution in [3.63, 3.8) is 0 Å². The molecule has 1 fully saturated rings. The van der Waals surface area contributed by atoms with E-state index in [1.54, 1.807) is 7.11 Å². The molecule has 5 heteroatoms. The van der Waals surface area contributed by atoms with Gasteiger partial charge < -0.3 is 15.8 Å². The number of carbonyl (C=O) groups is 1. The van der Waals surface area contributed by atoms with Crippen LogP contribution in [0, 0.1) is 17.2 Å². The Morgan fingerprint density at radius 2 is 2.14 bits per heavy atom. The molecule has 1 aromatic carbocycles. The summed E-state index contributed by atoms with van der Waals surface area (Å²) >= 11 is 0. The third-order valence-electron chi connectivity index (χ3n) is 4.11. The van der Waals surface area contributed by atoms with Crippen LogP contribution in [-0.2, 0) is 11.3 Å². The summed E-state index contributed by atoms with van der Waals surface area (Å²) in [6.07, 6.45) is 3.65. The number of amides is 1. The topological polar surface area (TPSA) is 88.1 Å². The Morgan fingerprint density at radius 1 is 1.43 bits per heavy atom. The average Bonchev–Trinajstić information content (AvgIpc) is 2.52. The number of nitriles is 1. The number of rotatable bonds is 5. The highest BCUT2D eigenvalue weighted by molar-refractivity contribution is 5.76. The van der Waals surface area contributed by atoms with Crippen LogP contribution in [0.2, 0.25) is 0 Å². The van der Waals surface area contributed by atoms with E-state index in [4.69, 9.17) is 15.7 Å². The predicted molar refractivity (Wildman–Crippen MR) is 79.5 cm³/mol. The summed E-state index contributed by atoms with van der Waals surface area (Å²) in [4.78, 5) is 11.1. The lowest BCUT2D eigenvalue weighted by Crippen LogP contribution is -2.36. The van der Waals surface area contributed by atoms with E-state index in [0.717, 1.165) is 31.2 Å². The number of ether oxygens (including phenoxy) is 1. The quantitative estimate of drug-likeness (QED) is 0.862. The number of nitrogens with zero attached hydrogens (tertiary/aromatic N) is 1. The van der Waals surface area contributed by atoms with Gasteiger partial charge in [0, 0.05) is 18.5 Å². The van der Waals surface area contributed by atoms with E-state index >= 15 is 0 Å². The molecule has 21 heavy (non-hydrogen) atoms. The maximum Gasteiger partial charge on any atom is 0.220 e. The molecular formula is C16H21N3O2. The van der Waals surface area contributed by atoms with Gasteiger partial charge in [0.25, 0.3) is 0 Å². The fourth-order valence-corrected chi connectivity index (χ4v) is 2.80. The Labute approximate surface area is 125 Å². The minimum atomic E-state index is -0.178. The molecule has 0 aliphatic heterocycles. The molecule has 5 nitrogen and oxygen atoms in total. The van der Waals surface area contributed by atoms with Gasteiger partial charge in [0.1, 0.15) is 11.8 Å². The SMILES string of the molecule is COc1ccc(CNC2CCC(C(N)=O)CC2)cc1C#N. The van der Waals surface area contributed by atoms with Crippen LogP contribution in [0.4, 0.5) is 0 Å². The lowest BCUT2D eigenvalue weighted by molar-refractivity contribution is -0.122. The first-order valence-electron chi connectivity index (χ1n) is 7.23. The van der Waals surface area contributed by atoms with Crippen molar-refractivity contribution in [3.05, 3.63) is 29.3 Å². The molecule has 0 saturated heterocycles. The highest BCUT2D eigenvalue weighted by Crippen LogP contribution is 2.24. The summed E-state index contributed by atoms with van der Waals surface area (Å²) < 4.78 is 5.13. The van der Waals surface area contributed by atoms with E-state index in [9.17, 15) is 4.79 Å². The highest BCUT2D eigenvalue weighted by atomic mass is 16.5. The molecule has 0 radical (unpaired) electrons. The normalized spacial score (nSPS) is 21.5. The summed E-state index contributed by atoms with van der Waals surface area (Å²) in [5.74, 6) is 0.458. The number of carbonyl (C=O) groups excluding carboxylic acids is 1. The molecule has 1 aliphatic carbocycles. The highest BCUT2D eigenvalue weighted by Gasteiger charge is 2.24. The summed E-state index contributed by atoms with van der Waals surface area (Å²) in [6.45, 7) is 0.713. The number of hydrogen-bond acceptors (Lipinski definition) is 4. The minimum absolute atomic E-state index is 0.0363. The van der Waals surface area contributed by atoms with Gasteiger partial charge in [-0.2, -0.15) is 5.26 Å². The maximum absolute atomic E-state index is 11.1. The van der Waals surface area contributed by atoms with Crippen molar-refractivity contribution in [1.82, 2.24) is 5.32 Å². The van der Waals surface area contributed by atoms with E-state index < -0.39 is 0 Å². The molecule has 1 aliphatic rings. The lowest BCUT2D eigenvalue weighted by Gasteiger charge is -2.27. The third-order valence-corrected chi connectivity index (χ3v) is 4.11. The zero-order valence-corrected chi connectivity index (χ0v) is 12.3. The van der Waals surface area contributed by atoms with Crippen LogP contribution >= 0.6 is 0 Å². The Balaban J connectivity index is 1.87. The van der Waals surface area contributed by atoms with Gasteiger partial charge in [0.05, 0.1) is 12.7 Å². The smallest absolute Gasteiger partial charge is 0.220 e. The standard InChI is InChI=1S/C16H21N3O2/c1-21-15-7-2-11(8-13(15)9-17)10-19-14-5-3-12(4-6-14)16(18)20/h2,7-8,12,14,19H,3-6,10H2,1H3,(H2,18,20). The summed E-state index contributed by atoms with van der Waals surface area (Å²) in [5, 5.41) is 12.6. The first-order valence-corrected chi connectivity index (χ1v) is 7.23. The van der Waals surface area contributed by atoms with E-state index in [1.165, 1.54) is 0 Å². The van der Waals surface area contributed by atoms with E-state index in [1.807, 2.05) is 18.2 Å². The Bertz CT molecular complexity index is 543. The number of primary amides is 1. The van der Waals surface area contributed by atoms with Crippen molar-refractivity contribution in [2.24, 2.45) is 11.7 Å². The molecule has 3 N–H and O–H groups in total. The van der Waals surface area contributed by atoms with Gasteiger partial charge in [0.2, 0.25) is 5.91 Å². The van der Waals surface area contributed by atoms with Crippen molar-refractivity contribution in [3.8, 4) is 11.8 Å². The molecule has 1 aromatic rings. The summed E-state index contributed by atoms with van der Waals surface area (Å²) in [7, 11) is 1.56. The van der Waals surface area contributed by atoms with Crippen LogP contribution in [0.25, 0.3) is 0 Å². The molecule has 0 heterocycles. The van der Waals surface area contributed by atoms with Gasteiger partial charge in [-0.1, -0.05) is 6.07 Å².